The minimum Gasteiger partial charge on any atom is -0.378 e. The molecule has 0 spiro atoms. The van der Waals surface area contributed by atoms with Gasteiger partial charge >= 0.3 is 0 Å². The van der Waals surface area contributed by atoms with Crippen molar-refractivity contribution >= 4 is 34.3 Å². The molecule has 3 aromatic rings. The van der Waals surface area contributed by atoms with Gasteiger partial charge in [0.05, 0.1) is 29.5 Å². The molecular weight excluding hydrogens is 392 g/mol. The zero-order chi connectivity index (χ0) is 20.3. The van der Waals surface area contributed by atoms with E-state index in [-0.39, 0.29) is 0 Å². The third-order valence-electron chi connectivity index (χ3n) is 5.50. The number of hydrogen-bond donors (Lipinski definition) is 1. The molecule has 2 aliphatic rings. The van der Waals surface area contributed by atoms with Crippen molar-refractivity contribution in [1.82, 2.24) is 5.43 Å². The third-order valence-corrected chi connectivity index (χ3v) is 6.38. The van der Waals surface area contributed by atoms with Crippen LogP contribution < -0.4 is 10.3 Å². The molecule has 6 heteroatoms. The lowest BCUT2D eigenvalue weighted by molar-refractivity contribution is 0.122. The molecule has 30 heavy (non-hydrogen) atoms. The first-order chi connectivity index (χ1) is 14.8. The Morgan fingerprint density at radius 3 is 2.63 bits per heavy atom. The molecule has 0 atom stereocenters. The van der Waals surface area contributed by atoms with Crippen LogP contribution in [0.1, 0.15) is 28.5 Å². The summed E-state index contributed by atoms with van der Waals surface area (Å²) in [6.45, 7) is 5.61. The highest BCUT2D eigenvalue weighted by Gasteiger charge is 2.19. The summed E-state index contributed by atoms with van der Waals surface area (Å²) in [6.07, 6.45) is 0.978. The van der Waals surface area contributed by atoms with Gasteiger partial charge < -0.3 is 9.64 Å². The van der Waals surface area contributed by atoms with Gasteiger partial charge in [0.25, 0.3) is 0 Å². The second-order valence-electron chi connectivity index (χ2n) is 7.36. The number of thiophene rings is 1. The zero-order valence-corrected chi connectivity index (χ0v) is 17.8. The summed E-state index contributed by atoms with van der Waals surface area (Å²) in [5.74, 6) is 0.787. The molecular formula is C24H24N4OS. The molecule has 3 heterocycles. The van der Waals surface area contributed by atoms with Crippen molar-refractivity contribution in [1.29, 1.82) is 0 Å². The van der Waals surface area contributed by atoms with Gasteiger partial charge in [0.15, 0.2) is 5.84 Å². The number of benzene rings is 2. The number of aliphatic imine (C=N–C) groups is 1. The fourth-order valence-electron chi connectivity index (χ4n) is 3.80. The summed E-state index contributed by atoms with van der Waals surface area (Å²) in [7, 11) is 0. The van der Waals surface area contributed by atoms with Crippen LogP contribution in [0, 0.1) is 0 Å². The zero-order valence-electron chi connectivity index (χ0n) is 17.0. The largest absolute Gasteiger partial charge is 0.378 e. The lowest BCUT2D eigenvalue weighted by Crippen LogP contribution is -2.36. The van der Waals surface area contributed by atoms with E-state index >= 15 is 0 Å². The van der Waals surface area contributed by atoms with Gasteiger partial charge in [0.2, 0.25) is 0 Å². The Balaban J connectivity index is 1.53. The maximum Gasteiger partial charge on any atom is 0.164 e. The smallest absolute Gasteiger partial charge is 0.164 e. The average molecular weight is 417 g/mol. The summed E-state index contributed by atoms with van der Waals surface area (Å²) < 4.78 is 5.47. The van der Waals surface area contributed by atoms with Crippen LogP contribution >= 0.6 is 11.3 Å². The number of nitrogens with one attached hydrogen (secondary N) is 1. The van der Waals surface area contributed by atoms with Crippen molar-refractivity contribution in [2.24, 2.45) is 10.1 Å². The predicted octanol–water partition coefficient (Wildman–Crippen LogP) is 4.58. The molecule has 2 aromatic carbocycles. The number of rotatable bonds is 4. The summed E-state index contributed by atoms with van der Waals surface area (Å²) in [4.78, 5) is 8.34. The van der Waals surface area contributed by atoms with Crippen LogP contribution in [0.15, 0.2) is 70.1 Å². The highest BCUT2D eigenvalue weighted by molar-refractivity contribution is 7.12. The van der Waals surface area contributed by atoms with Gasteiger partial charge in [0.1, 0.15) is 0 Å². The van der Waals surface area contributed by atoms with Crippen molar-refractivity contribution in [3.63, 3.8) is 0 Å². The summed E-state index contributed by atoms with van der Waals surface area (Å²) in [6, 6.07) is 19.2. The molecule has 0 unspecified atom stereocenters. The molecule has 1 aromatic heterocycles. The second kappa shape index (κ2) is 8.42. The fraction of sp³-hybridized carbons (Fsp3) is 0.250. The maximum absolute atomic E-state index is 5.47. The highest BCUT2D eigenvalue weighted by Crippen LogP contribution is 2.28. The Kier molecular flexibility index (Phi) is 5.34. The predicted molar refractivity (Wildman–Crippen MR) is 125 cm³/mol. The van der Waals surface area contributed by atoms with E-state index in [1.807, 2.05) is 6.07 Å². The van der Waals surface area contributed by atoms with E-state index in [9.17, 15) is 0 Å². The Bertz CT molecular complexity index is 1080. The van der Waals surface area contributed by atoms with Crippen molar-refractivity contribution in [3.05, 3.63) is 81.5 Å². The van der Waals surface area contributed by atoms with Crippen molar-refractivity contribution in [2.45, 2.75) is 13.3 Å². The van der Waals surface area contributed by atoms with Gasteiger partial charge in [-0.15, -0.1) is 11.3 Å². The van der Waals surface area contributed by atoms with Gasteiger partial charge in [-0.05, 0) is 47.7 Å². The van der Waals surface area contributed by atoms with Crippen LogP contribution in [-0.2, 0) is 11.2 Å². The molecule has 5 rings (SSSR count). The van der Waals surface area contributed by atoms with E-state index in [4.69, 9.17) is 14.8 Å². The van der Waals surface area contributed by atoms with Crippen LogP contribution in [0.4, 0.5) is 11.4 Å². The molecule has 0 amide bonds. The number of amidine groups is 1. The maximum atomic E-state index is 5.47. The monoisotopic (exact) mass is 416 g/mol. The topological polar surface area (TPSA) is 49.2 Å². The van der Waals surface area contributed by atoms with Crippen LogP contribution in [0.5, 0.6) is 0 Å². The van der Waals surface area contributed by atoms with E-state index in [0.717, 1.165) is 66.0 Å². The first-order valence-corrected chi connectivity index (χ1v) is 11.2. The number of anilines is 1. The summed E-state index contributed by atoms with van der Waals surface area (Å²) in [5, 5.41) is 6.85. The van der Waals surface area contributed by atoms with Gasteiger partial charge in [-0.2, -0.15) is 5.10 Å². The van der Waals surface area contributed by atoms with Crippen molar-refractivity contribution < 1.29 is 4.74 Å². The second-order valence-corrected chi connectivity index (χ2v) is 8.31. The van der Waals surface area contributed by atoms with Crippen LogP contribution in [0.2, 0.25) is 0 Å². The average Bonchev–Trinajstić information content (AvgIpc) is 3.28. The molecule has 152 valence electrons. The number of hydrogen-bond acceptors (Lipinski definition) is 6. The number of aryl methyl sites for hydroxylation is 1. The molecule has 0 radical (unpaired) electrons. The van der Waals surface area contributed by atoms with Gasteiger partial charge in [-0.25, -0.2) is 4.99 Å². The minimum atomic E-state index is 0.786. The Morgan fingerprint density at radius 1 is 1.07 bits per heavy atom. The van der Waals surface area contributed by atoms with Crippen LogP contribution in [0.25, 0.3) is 0 Å². The van der Waals surface area contributed by atoms with Gasteiger partial charge in [-0.3, -0.25) is 5.43 Å². The van der Waals surface area contributed by atoms with E-state index < -0.39 is 0 Å². The molecule has 1 fully saturated rings. The summed E-state index contributed by atoms with van der Waals surface area (Å²) in [5.41, 5.74) is 9.72. The molecule has 2 aliphatic heterocycles. The van der Waals surface area contributed by atoms with Gasteiger partial charge in [-0.1, -0.05) is 31.2 Å². The van der Waals surface area contributed by atoms with E-state index in [0.29, 0.717) is 0 Å². The molecule has 1 N–H and O–H groups in total. The fourth-order valence-corrected chi connectivity index (χ4v) is 4.46. The molecule has 1 saturated heterocycles. The number of nitrogens with zero attached hydrogens (tertiary/aromatic N) is 3. The number of ether oxygens (including phenoxy) is 1. The first-order valence-electron chi connectivity index (χ1n) is 10.3. The Labute approximate surface area is 180 Å². The summed E-state index contributed by atoms with van der Waals surface area (Å²) >= 11 is 1.66. The first kappa shape index (κ1) is 19.0. The highest BCUT2D eigenvalue weighted by atomic mass is 32.1. The lowest BCUT2D eigenvalue weighted by Gasteiger charge is -2.29. The van der Waals surface area contributed by atoms with Crippen LogP contribution in [0.3, 0.4) is 0 Å². The van der Waals surface area contributed by atoms with Crippen LogP contribution in [-0.4, -0.2) is 37.9 Å². The Hall–Kier alpha value is -2.96. The SMILES string of the molecule is CCc1ccc2c(c1)C(c1ccc(N3CCOCC3)cc1)=NNC(c1cccs1)=N2. The van der Waals surface area contributed by atoms with E-state index in [1.54, 1.807) is 11.3 Å². The molecule has 0 aliphatic carbocycles. The lowest BCUT2D eigenvalue weighted by atomic mass is 9.97. The quantitative estimate of drug-likeness (QED) is 0.677. The van der Waals surface area contributed by atoms with E-state index in [2.05, 4.69) is 71.2 Å². The molecule has 0 bridgehead atoms. The van der Waals surface area contributed by atoms with Crippen molar-refractivity contribution in [3.8, 4) is 0 Å². The normalized spacial score (nSPS) is 16.2. The van der Waals surface area contributed by atoms with Gasteiger partial charge in [0, 0.05) is 29.9 Å². The molecule has 5 nitrogen and oxygen atoms in total. The third kappa shape index (κ3) is 3.76. The Morgan fingerprint density at radius 2 is 1.90 bits per heavy atom. The number of fused-ring (bicyclic) bond motifs is 1. The van der Waals surface area contributed by atoms with E-state index in [1.165, 1.54) is 11.3 Å². The minimum absolute atomic E-state index is 0.786. The number of hydrazone groups is 1. The molecule has 0 saturated carbocycles. The standard InChI is InChI=1S/C24H24N4OS/c1-2-17-5-10-21-20(16-17)23(26-27-24(25-21)22-4-3-15-30-22)18-6-8-19(9-7-18)28-11-13-29-14-12-28/h3-10,15-16H,2,11-14H2,1H3,(H,25,27). The van der Waals surface area contributed by atoms with Crippen molar-refractivity contribution in [2.75, 3.05) is 31.2 Å². The number of morpholine rings is 1.